The number of amides is 1. The molecule has 14 heteroatoms. The molecule has 0 bridgehead atoms. The molecule has 1 N–H and O–H groups in total. The van der Waals surface area contributed by atoms with Crippen LogP contribution in [0.2, 0.25) is 0 Å². The number of nitrogens with one attached hydrogen (secondary N) is 1. The summed E-state index contributed by atoms with van der Waals surface area (Å²) in [5.41, 5.74) is -2.13. The molecule has 0 aromatic rings. The normalized spacial score (nSPS) is 30.7. The Morgan fingerprint density at radius 3 is 1.97 bits per heavy atom. The molecule has 33 heavy (non-hydrogen) atoms. The van der Waals surface area contributed by atoms with Crippen molar-refractivity contribution in [2.45, 2.75) is 95.9 Å². The summed E-state index contributed by atoms with van der Waals surface area (Å²) < 4.78 is 81.3. The fourth-order valence-electron chi connectivity index (χ4n) is 3.72. The Balaban J connectivity index is 2.49. The minimum Gasteiger partial charge on any atom is -0.444 e. The molecule has 0 aromatic carbocycles. The molecular weight excluding hydrogens is 482 g/mol. The molecule has 2 heterocycles. The number of rotatable bonds is 7. The third-order valence-electron chi connectivity index (χ3n) is 4.78. The first kappa shape index (κ1) is 28.2. The van der Waals surface area contributed by atoms with Crippen LogP contribution >= 0.6 is 0 Å². The fraction of sp³-hybridized carbons (Fsp3) is 0.947. The van der Waals surface area contributed by atoms with Gasteiger partial charge in [0.05, 0.1) is 30.8 Å². The predicted molar refractivity (Wildman–Crippen MR) is 116 cm³/mol. The summed E-state index contributed by atoms with van der Waals surface area (Å²) in [5, 5.41) is 2.66. The molecule has 194 valence electrons. The van der Waals surface area contributed by atoms with Crippen molar-refractivity contribution in [2.24, 2.45) is 0 Å². The summed E-state index contributed by atoms with van der Waals surface area (Å²) >= 11 is 0. The third kappa shape index (κ3) is 8.30. The van der Waals surface area contributed by atoms with Crippen molar-refractivity contribution < 1.29 is 48.9 Å². The molecule has 0 spiro atoms. The van der Waals surface area contributed by atoms with Gasteiger partial charge in [0.2, 0.25) is 0 Å². The van der Waals surface area contributed by atoms with Crippen LogP contribution in [0.25, 0.3) is 0 Å². The zero-order valence-electron chi connectivity index (χ0n) is 20.4. The van der Waals surface area contributed by atoms with E-state index in [2.05, 4.69) is 5.32 Å². The highest BCUT2D eigenvalue weighted by atomic mass is 32.2. The van der Waals surface area contributed by atoms with Gasteiger partial charge in [-0.15, -0.1) is 0 Å². The van der Waals surface area contributed by atoms with Gasteiger partial charge < -0.3 is 24.3 Å². The van der Waals surface area contributed by atoms with Crippen LogP contribution in [0, 0.1) is 0 Å². The lowest BCUT2D eigenvalue weighted by Crippen LogP contribution is -2.57. The van der Waals surface area contributed by atoms with E-state index in [-0.39, 0.29) is 6.61 Å². The van der Waals surface area contributed by atoms with Crippen LogP contribution in [0.3, 0.4) is 0 Å². The SMILES string of the molecule is CC(C)(C)OC(=O)N[C@@H]([C@@H]1OC(C)(C)[C@@H](OS(C)(=O)=O)[C@@H]1OS(C)(=O)=O)[C@H]1COC(C)(C)O1. The van der Waals surface area contributed by atoms with E-state index in [4.69, 9.17) is 27.3 Å². The number of hydrogen-bond acceptors (Lipinski definition) is 11. The topological polar surface area (TPSA) is 153 Å². The van der Waals surface area contributed by atoms with E-state index >= 15 is 0 Å². The Hall–Kier alpha value is -1.03. The van der Waals surface area contributed by atoms with Gasteiger partial charge in [-0.1, -0.05) is 0 Å². The second kappa shape index (κ2) is 9.21. The molecule has 2 saturated heterocycles. The molecule has 12 nitrogen and oxygen atoms in total. The Kier molecular flexibility index (Phi) is 7.87. The third-order valence-corrected chi connectivity index (χ3v) is 5.91. The van der Waals surface area contributed by atoms with E-state index in [1.807, 2.05) is 0 Å². The molecular formula is C19H35NO11S2. The molecule has 5 atom stereocenters. The first-order valence-corrected chi connectivity index (χ1v) is 14.0. The first-order chi connectivity index (χ1) is 14.6. The van der Waals surface area contributed by atoms with Crippen molar-refractivity contribution in [3.05, 3.63) is 0 Å². The van der Waals surface area contributed by atoms with Crippen molar-refractivity contribution >= 4 is 26.3 Å². The maximum absolute atomic E-state index is 12.6. The monoisotopic (exact) mass is 517 g/mol. The lowest BCUT2D eigenvalue weighted by molar-refractivity contribution is -0.150. The summed E-state index contributed by atoms with van der Waals surface area (Å²) in [6.45, 7) is 11.5. The summed E-state index contributed by atoms with van der Waals surface area (Å²) in [5.74, 6) is -0.984. The van der Waals surface area contributed by atoms with Crippen molar-refractivity contribution in [3.63, 3.8) is 0 Å². The van der Waals surface area contributed by atoms with Crippen LogP contribution in [0.1, 0.15) is 48.5 Å². The number of ether oxygens (including phenoxy) is 4. The fourth-order valence-corrected chi connectivity index (χ4v) is 5.05. The van der Waals surface area contributed by atoms with Crippen molar-refractivity contribution in [2.75, 3.05) is 19.1 Å². The van der Waals surface area contributed by atoms with Crippen molar-refractivity contribution in [3.8, 4) is 0 Å². The Bertz CT molecular complexity index is 937. The Morgan fingerprint density at radius 2 is 1.55 bits per heavy atom. The highest BCUT2D eigenvalue weighted by molar-refractivity contribution is 7.86. The Morgan fingerprint density at radius 1 is 1.00 bits per heavy atom. The quantitative estimate of drug-likeness (QED) is 0.479. The molecule has 1 amide bonds. The van der Waals surface area contributed by atoms with Gasteiger partial charge in [0.15, 0.2) is 5.79 Å². The lowest BCUT2D eigenvalue weighted by atomic mass is 9.94. The molecule has 0 saturated carbocycles. The molecule has 0 unspecified atom stereocenters. The molecule has 2 fully saturated rings. The highest BCUT2D eigenvalue weighted by Gasteiger charge is 2.59. The smallest absolute Gasteiger partial charge is 0.408 e. The first-order valence-electron chi connectivity index (χ1n) is 10.3. The summed E-state index contributed by atoms with van der Waals surface area (Å²) in [6.07, 6.45) is -3.93. The van der Waals surface area contributed by atoms with E-state index in [0.29, 0.717) is 0 Å². The largest absolute Gasteiger partial charge is 0.444 e. The van der Waals surface area contributed by atoms with Crippen LogP contribution in [-0.2, 0) is 47.5 Å². The zero-order chi connectivity index (χ0) is 25.6. The number of hydrogen-bond donors (Lipinski definition) is 1. The summed E-state index contributed by atoms with van der Waals surface area (Å²) in [6, 6.07) is -1.04. The molecule has 2 aliphatic rings. The van der Waals surface area contributed by atoms with Gasteiger partial charge in [0.1, 0.15) is 30.0 Å². The number of carbonyl (C=O) groups is 1. The van der Waals surface area contributed by atoms with Gasteiger partial charge in [-0.2, -0.15) is 16.8 Å². The van der Waals surface area contributed by atoms with E-state index in [9.17, 15) is 21.6 Å². The average Bonchev–Trinajstić information content (AvgIpc) is 3.00. The van der Waals surface area contributed by atoms with Gasteiger partial charge in [-0.05, 0) is 48.5 Å². The van der Waals surface area contributed by atoms with Crippen LogP contribution in [0.5, 0.6) is 0 Å². The molecule has 0 radical (unpaired) electrons. The van der Waals surface area contributed by atoms with E-state index in [0.717, 1.165) is 12.5 Å². The maximum Gasteiger partial charge on any atom is 0.408 e. The van der Waals surface area contributed by atoms with Crippen LogP contribution in [0.4, 0.5) is 4.79 Å². The van der Waals surface area contributed by atoms with Crippen molar-refractivity contribution in [1.82, 2.24) is 5.32 Å². The molecule has 2 aliphatic heterocycles. The second-order valence-electron chi connectivity index (χ2n) is 10.2. The Labute approximate surface area is 195 Å². The molecule has 0 aromatic heterocycles. The van der Waals surface area contributed by atoms with E-state index in [1.165, 1.54) is 13.8 Å². The van der Waals surface area contributed by atoms with Crippen molar-refractivity contribution in [1.29, 1.82) is 0 Å². The standard InChI is InChI=1S/C19H35NO11S2/c1-17(2,3)29-16(21)20-12(11-10-26-19(6,7)27-11)13-14(30-32(8,22)23)15(18(4,5)28-13)31-33(9,24)25/h11-15H,10H2,1-9H3,(H,20,21)/t11-,12-,13+,14-,15+/m1/s1. The minimum atomic E-state index is -4.09. The number of alkyl carbamates (subject to hydrolysis) is 1. The lowest BCUT2D eigenvalue weighted by Gasteiger charge is -2.33. The molecule has 2 rings (SSSR count). The van der Waals surface area contributed by atoms with E-state index in [1.54, 1.807) is 34.6 Å². The van der Waals surface area contributed by atoms with Crippen LogP contribution in [-0.4, -0.2) is 89.5 Å². The van der Waals surface area contributed by atoms with Gasteiger partial charge in [-0.25, -0.2) is 4.79 Å². The minimum absolute atomic E-state index is 0.0386. The van der Waals surface area contributed by atoms with Gasteiger partial charge >= 0.3 is 6.09 Å². The second-order valence-corrected chi connectivity index (χ2v) is 13.4. The molecule has 0 aliphatic carbocycles. The maximum atomic E-state index is 12.6. The summed E-state index contributed by atoms with van der Waals surface area (Å²) in [7, 11) is -8.11. The van der Waals surface area contributed by atoms with Gasteiger partial charge in [0.25, 0.3) is 20.2 Å². The van der Waals surface area contributed by atoms with Gasteiger partial charge in [0, 0.05) is 0 Å². The number of carbonyl (C=O) groups excluding carboxylic acids is 1. The van der Waals surface area contributed by atoms with Gasteiger partial charge in [-0.3, -0.25) is 8.37 Å². The zero-order valence-corrected chi connectivity index (χ0v) is 22.0. The van der Waals surface area contributed by atoms with Crippen LogP contribution < -0.4 is 5.32 Å². The average molecular weight is 518 g/mol. The summed E-state index contributed by atoms with van der Waals surface area (Å²) in [4.78, 5) is 12.6. The van der Waals surface area contributed by atoms with Crippen LogP contribution in [0.15, 0.2) is 0 Å². The van der Waals surface area contributed by atoms with E-state index < -0.39 is 73.8 Å². The highest BCUT2D eigenvalue weighted by Crippen LogP contribution is 2.40. The predicted octanol–water partition coefficient (Wildman–Crippen LogP) is 0.898.